The van der Waals surface area contributed by atoms with E-state index in [-0.39, 0.29) is 12.1 Å². The molecule has 2 aromatic rings. The van der Waals surface area contributed by atoms with Crippen molar-refractivity contribution in [3.63, 3.8) is 0 Å². The Morgan fingerprint density at radius 2 is 1.88 bits per heavy atom. The number of nitrogens with zero attached hydrogens (tertiary/aromatic N) is 1. The molecule has 0 aromatic heterocycles. The predicted molar refractivity (Wildman–Crippen MR) is 96.6 cm³/mol. The number of carbonyl (C=O) groups excluding carboxylic acids is 1. The first kappa shape index (κ1) is 17.9. The van der Waals surface area contributed by atoms with E-state index < -0.39 is 0 Å². The molecule has 4 nitrogen and oxygen atoms in total. The summed E-state index contributed by atoms with van der Waals surface area (Å²) in [5, 5.41) is 0. The number of rotatable bonds is 7. The van der Waals surface area contributed by atoms with Gasteiger partial charge in [-0.1, -0.05) is 24.3 Å². The van der Waals surface area contributed by atoms with Crippen molar-refractivity contribution in [2.75, 3.05) is 26.1 Å². The number of ether oxygens (including phenoxy) is 2. The highest BCUT2D eigenvalue weighted by atomic mass is 16.5. The van der Waals surface area contributed by atoms with Crippen molar-refractivity contribution in [2.24, 2.45) is 0 Å². The van der Waals surface area contributed by atoms with Crippen LogP contribution in [0.1, 0.15) is 30.6 Å². The summed E-state index contributed by atoms with van der Waals surface area (Å²) >= 11 is 0. The van der Waals surface area contributed by atoms with Gasteiger partial charge in [0.05, 0.1) is 7.11 Å². The van der Waals surface area contributed by atoms with E-state index in [2.05, 4.69) is 6.07 Å². The van der Waals surface area contributed by atoms with Crippen molar-refractivity contribution >= 4 is 11.7 Å². The number of methoxy groups -OCH3 is 1. The molecule has 2 rings (SSSR count). The minimum Gasteiger partial charge on any atom is -0.497 e. The van der Waals surface area contributed by atoms with E-state index in [0.29, 0.717) is 12.8 Å². The zero-order valence-corrected chi connectivity index (χ0v) is 14.8. The Labute approximate surface area is 144 Å². The molecule has 0 spiro atoms. The van der Waals surface area contributed by atoms with Crippen LogP contribution in [-0.2, 0) is 16.0 Å². The molecule has 0 saturated carbocycles. The first-order valence-electron chi connectivity index (χ1n) is 8.09. The molecule has 0 aliphatic heterocycles. The van der Waals surface area contributed by atoms with Gasteiger partial charge in [0, 0.05) is 26.2 Å². The summed E-state index contributed by atoms with van der Waals surface area (Å²) in [5.41, 5.74) is 3.19. The quantitative estimate of drug-likeness (QED) is 0.721. The standard InChI is InChI=1S/C20H25NO3/c1-15(17-8-6-10-19(14-17)23-4)24-20(22)12-11-16-7-5-9-18(13-16)21(2)3/h5-10,13-15H,11-12H2,1-4H3. The Bertz CT molecular complexity index is 682. The van der Waals surface area contributed by atoms with Crippen molar-refractivity contribution in [3.05, 3.63) is 59.7 Å². The Hall–Kier alpha value is -2.49. The molecular weight excluding hydrogens is 302 g/mol. The SMILES string of the molecule is COc1cccc(C(C)OC(=O)CCc2cccc(N(C)C)c2)c1. The topological polar surface area (TPSA) is 38.8 Å². The van der Waals surface area contributed by atoms with Gasteiger partial charge in [-0.25, -0.2) is 0 Å². The number of anilines is 1. The van der Waals surface area contributed by atoms with E-state index in [1.54, 1.807) is 7.11 Å². The molecule has 128 valence electrons. The second-order valence-electron chi connectivity index (χ2n) is 5.97. The van der Waals surface area contributed by atoms with E-state index in [1.165, 1.54) is 0 Å². The molecule has 0 heterocycles. The maximum Gasteiger partial charge on any atom is 0.306 e. The van der Waals surface area contributed by atoms with Gasteiger partial charge in [0.15, 0.2) is 0 Å². The average molecular weight is 327 g/mol. The lowest BCUT2D eigenvalue weighted by molar-refractivity contribution is -0.148. The highest BCUT2D eigenvalue weighted by Gasteiger charge is 2.12. The summed E-state index contributed by atoms with van der Waals surface area (Å²) in [6, 6.07) is 15.8. The Morgan fingerprint density at radius 3 is 2.58 bits per heavy atom. The third-order valence-electron chi connectivity index (χ3n) is 3.92. The molecular formula is C20H25NO3. The number of esters is 1. The summed E-state index contributed by atoms with van der Waals surface area (Å²) in [6.07, 6.45) is 0.747. The molecule has 4 heteroatoms. The lowest BCUT2D eigenvalue weighted by Crippen LogP contribution is -2.11. The van der Waals surface area contributed by atoms with Gasteiger partial charge in [-0.05, 0) is 48.7 Å². The highest BCUT2D eigenvalue weighted by molar-refractivity contribution is 5.70. The molecule has 0 aliphatic carbocycles. The van der Waals surface area contributed by atoms with Crippen LogP contribution in [0, 0.1) is 0 Å². The summed E-state index contributed by atoms with van der Waals surface area (Å²) in [7, 11) is 5.63. The molecule has 1 unspecified atom stereocenters. The van der Waals surface area contributed by atoms with Gasteiger partial charge in [-0.15, -0.1) is 0 Å². The smallest absolute Gasteiger partial charge is 0.306 e. The second-order valence-corrected chi connectivity index (χ2v) is 5.97. The highest BCUT2D eigenvalue weighted by Crippen LogP contribution is 2.22. The summed E-state index contributed by atoms with van der Waals surface area (Å²) in [5.74, 6) is 0.566. The molecule has 2 aromatic carbocycles. The van der Waals surface area contributed by atoms with Gasteiger partial charge in [0.2, 0.25) is 0 Å². The number of benzene rings is 2. The molecule has 0 bridgehead atoms. The number of hydrogen-bond donors (Lipinski definition) is 0. The van der Waals surface area contributed by atoms with Crippen LogP contribution >= 0.6 is 0 Å². The van der Waals surface area contributed by atoms with Crippen LogP contribution in [0.2, 0.25) is 0 Å². The molecule has 0 aliphatic rings. The predicted octanol–water partition coefficient (Wildman–Crippen LogP) is 4.00. The molecule has 0 N–H and O–H groups in total. The lowest BCUT2D eigenvalue weighted by Gasteiger charge is -2.15. The zero-order chi connectivity index (χ0) is 17.5. The number of carbonyl (C=O) groups is 1. The zero-order valence-electron chi connectivity index (χ0n) is 14.8. The average Bonchev–Trinajstić information content (AvgIpc) is 2.60. The van der Waals surface area contributed by atoms with Gasteiger partial charge < -0.3 is 14.4 Å². The van der Waals surface area contributed by atoms with Crippen LogP contribution in [0.15, 0.2) is 48.5 Å². The van der Waals surface area contributed by atoms with Crippen molar-refractivity contribution in [1.82, 2.24) is 0 Å². The van der Waals surface area contributed by atoms with Crippen LogP contribution in [0.5, 0.6) is 5.75 Å². The Morgan fingerprint density at radius 1 is 1.12 bits per heavy atom. The fourth-order valence-corrected chi connectivity index (χ4v) is 2.46. The fraction of sp³-hybridized carbons (Fsp3) is 0.350. The first-order chi connectivity index (χ1) is 11.5. The summed E-state index contributed by atoms with van der Waals surface area (Å²) in [4.78, 5) is 14.2. The minimum absolute atomic E-state index is 0.194. The third kappa shape index (κ3) is 5.01. The molecule has 0 saturated heterocycles. The number of aryl methyl sites for hydroxylation is 1. The molecule has 24 heavy (non-hydrogen) atoms. The largest absolute Gasteiger partial charge is 0.497 e. The van der Waals surface area contributed by atoms with E-state index in [9.17, 15) is 4.79 Å². The van der Waals surface area contributed by atoms with E-state index in [4.69, 9.17) is 9.47 Å². The Kier molecular flexibility index (Phi) is 6.24. The van der Waals surface area contributed by atoms with E-state index in [1.807, 2.05) is 68.4 Å². The first-order valence-corrected chi connectivity index (χ1v) is 8.09. The van der Waals surface area contributed by atoms with Gasteiger partial charge >= 0.3 is 5.97 Å². The minimum atomic E-state index is -0.291. The van der Waals surface area contributed by atoms with Crippen LogP contribution in [0.3, 0.4) is 0 Å². The van der Waals surface area contributed by atoms with Gasteiger partial charge in [-0.3, -0.25) is 4.79 Å². The molecule has 1 atom stereocenters. The van der Waals surface area contributed by atoms with Crippen molar-refractivity contribution in [2.45, 2.75) is 25.9 Å². The van der Waals surface area contributed by atoms with Gasteiger partial charge in [0.1, 0.15) is 11.9 Å². The van der Waals surface area contributed by atoms with Gasteiger partial charge in [-0.2, -0.15) is 0 Å². The van der Waals surface area contributed by atoms with Gasteiger partial charge in [0.25, 0.3) is 0 Å². The Balaban J connectivity index is 1.89. The number of hydrogen-bond acceptors (Lipinski definition) is 4. The maximum atomic E-state index is 12.1. The van der Waals surface area contributed by atoms with Crippen LogP contribution in [0.4, 0.5) is 5.69 Å². The van der Waals surface area contributed by atoms with Crippen molar-refractivity contribution in [3.8, 4) is 5.75 Å². The van der Waals surface area contributed by atoms with Crippen molar-refractivity contribution < 1.29 is 14.3 Å². The second kappa shape index (κ2) is 8.39. The molecule has 0 amide bonds. The molecule has 0 radical (unpaired) electrons. The van der Waals surface area contributed by atoms with E-state index >= 15 is 0 Å². The lowest BCUT2D eigenvalue weighted by atomic mass is 10.1. The van der Waals surface area contributed by atoms with Crippen LogP contribution in [-0.4, -0.2) is 27.2 Å². The maximum absolute atomic E-state index is 12.1. The van der Waals surface area contributed by atoms with Crippen molar-refractivity contribution in [1.29, 1.82) is 0 Å². The monoisotopic (exact) mass is 327 g/mol. The van der Waals surface area contributed by atoms with Crippen LogP contribution < -0.4 is 9.64 Å². The normalized spacial score (nSPS) is 11.7. The molecule has 0 fully saturated rings. The van der Waals surface area contributed by atoms with Crippen LogP contribution in [0.25, 0.3) is 0 Å². The third-order valence-corrected chi connectivity index (χ3v) is 3.92. The van der Waals surface area contributed by atoms with E-state index in [0.717, 1.165) is 22.6 Å². The summed E-state index contributed by atoms with van der Waals surface area (Å²) in [6.45, 7) is 1.87. The fourth-order valence-electron chi connectivity index (χ4n) is 2.46. The summed E-state index contributed by atoms with van der Waals surface area (Å²) < 4.78 is 10.7.